The minimum atomic E-state index is 0.584. The molecule has 1 aliphatic heterocycles. The molecule has 1 aromatic heterocycles. The maximum atomic E-state index is 5.65. The number of piperazine rings is 1. The van der Waals surface area contributed by atoms with E-state index < -0.39 is 0 Å². The molecule has 0 aromatic carbocycles. The van der Waals surface area contributed by atoms with E-state index in [1.807, 2.05) is 6.07 Å². The highest BCUT2D eigenvalue weighted by molar-refractivity contribution is 5.36. The van der Waals surface area contributed by atoms with Crippen LogP contribution in [0.25, 0.3) is 0 Å². The SMILES string of the molecule is CC(CN)CN1CCN(c2ccncn2)CC1. The molecule has 0 spiro atoms. The van der Waals surface area contributed by atoms with E-state index in [9.17, 15) is 0 Å². The molecule has 94 valence electrons. The maximum Gasteiger partial charge on any atom is 0.131 e. The molecule has 0 saturated carbocycles. The molecule has 1 fully saturated rings. The third kappa shape index (κ3) is 3.38. The predicted molar refractivity (Wildman–Crippen MR) is 68.9 cm³/mol. The van der Waals surface area contributed by atoms with Crippen LogP contribution in [-0.2, 0) is 0 Å². The summed E-state index contributed by atoms with van der Waals surface area (Å²) in [5.41, 5.74) is 5.65. The van der Waals surface area contributed by atoms with Crippen LogP contribution in [0.2, 0.25) is 0 Å². The van der Waals surface area contributed by atoms with Gasteiger partial charge in [0.25, 0.3) is 0 Å². The summed E-state index contributed by atoms with van der Waals surface area (Å²) in [5, 5.41) is 0. The van der Waals surface area contributed by atoms with Crippen molar-refractivity contribution < 1.29 is 0 Å². The molecule has 1 saturated heterocycles. The van der Waals surface area contributed by atoms with Crippen LogP contribution >= 0.6 is 0 Å². The van der Waals surface area contributed by atoms with Crippen molar-refractivity contribution in [3.8, 4) is 0 Å². The Bertz CT molecular complexity index is 321. The summed E-state index contributed by atoms with van der Waals surface area (Å²) in [7, 11) is 0. The first-order valence-electron chi connectivity index (χ1n) is 6.23. The smallest absolute Gasteiger partial charge is 0.131 e. The van der Waals surface area contributed by atoms with E-state index in [0.717, 1.165) is 45.1 Å². The number of hydrogen-bond acceptors (Lipinski definition) is 5. The molecule has 1 atom stereocenters. The second kappa shape index (κ2) is 5.93. The minimum absolute atomic E-state index is 0.584. The van der Waals surface area contributed by atoms with E-state index in [0.29, 0.717) is 5.92 Å². The van der Waals surface area contributed by atoms with Gasteiger partial charge in [-0.2, -0.15) is 0 Å². The van der Waals surface area contributed by atoms with Crippen molar-refractivity contribution in [1.82, 2.24) is 14.9 Å². The lowest BCUT2D eigenvalue weighted by atomic mass is 10.1. The largest absolute Gasteiger partial charge is 0.354 e. The van der Waals surface area contributed by atoms with Crippen molar-refractivity contribution in [3.05, 3.63) is 18.6 Å². The third-order valence-electron chi connectivity index (χ3n) is 3.23. The fourth-order valence-electron chi connectivity index (χ4n) is 2.15. The second-order valence-electron chi connectivity index (χ2n) is 4.70. The molecule has 0 aliphatic carbocycles. The first-order valence-corrected chi connectivity index (χ1v) is 6.23. The molecule has 0 bridgehead atoms. The fourth-order valence-corrected chi connectivity index (χ4v) is 2.15. The highest BCUT2D eigenvalue weighted by atomic mass is 15.3. The third-order valence-corrected chi connectivity index (χ3v) is 3.23. The number of nitrogens with two attached hydrogens (primary N) is 1. The molecule has 2 rings (SSSR count). The van der Waals surface area contributed by atoms with Crippen molar-refractivity contribution in [1.29, 1.82) is 0 Å². The molecular weight excluding hydrogens is 214 g/mol. The van der Waals surface area contributed by atoms with Gasteiger partial charge in [0.15, 0.2) is 0 Å². The summed E-state index contributed by atoms with van der Waals surface area (Å²) in [4.78, 5) is 13.0. The van der Waals surface area contributed by atoms with E-state index >= 15 is 0 Å². The monoisotopic (exact) mass is 235 g/mol. The zero-order chi connectivity index (χ0) is 12.1. The van der Waals surface area contributed by atoms with E-state index in [4.69, 9.17) is 5.73 Å². The number of aromatic nitrogens is 2. The van der Waals surface area contributed by atoms with Gasteiger partial charge in [-0.25, -0.2) is 9.97 Å². The molecule has 2 heterocycles. The van der Waals surface area contributed by atoms with Crippen LogP contribution in [0.15, 0.2) is 18.6 Å². The number of hydrogen-bond donors (Lipinski definition) is 1. The van der Waals surface area contributed by atoms with Gasteiger partial charge in [0, 0.05) is 38.9 Å². The lowest BCUT2D eigenvalue weighted by Crippen LogP contribution is -2.48. The average molecular weight is 235 g/mol. The molecule has 0 amide bonds. The summed E-state index contributed by atoms with van der Waals surface area (Å²) in [6, 6.07) is 1.97. The van der Waals surface area contributed by atoms with Crippen LogP contribution in [0.5, 0.6) is 0 Å². The number of anilines is 1. The van der Waals surface area contributed by atoms with Crippen LogP contribution in [-0.4, -0.2) is 54.1 Å². The Labute approximate surface area is 103 Å². The zero-order valence-corrected chi connectivity index (χ0v) is 10.4. The molecule has 1 aromatic rings. The summed E-state index contributed by atoms with van der Waals surface area (Å²) >= 11 is 0. The topological polar surface area (TPSA) is 58.3 Å². The Kier molecular flexibility index (Phi) is 4.28. The molecule has 1 aliphatic rings. The van der Waals surface area contributed by atoms with Crippen LogP contribution in [0.1, 0.15) is 6.92 Å². The molecular formula is C12H21N5. The quantitative estimate of drug-likeness (QED) is 0.807. The van der Waals surface area contributed by atoms with Gasteiger partial charge in [-0.05, 0) is 18.5 Å². The Morgan fingerprint density at radius 1 is 1.35 bits per heavy atom. The first kappa shape index (κ1) is 12.3. The van der Waals surface area contributed by atoms with Gasteiger partial charge in [0.1, 0.15) is 12.1 Å². The summed E-state index contributed by atoms with van der Waals surface area (Å²) in [5.74, 6) is 1.62. The fraction of sp³-hybridized carbons (Fsp3) is 0.667. The molecule has 2 N–H and O–H groups in total. The minimum Gasteiger partial charge on any atom is -0.354 e. The van der Waals surface area contributed by atoms with E-state index in [2.05, 4.69) is 26.7 Å². The molecule has 1 unspecified atom stereocenters. The van der Waals surface area contributed by atoms with Gasteiger partial charge in [-0.15, -0.1) is 0 Å². The van der Waals surface area contributed by atoms with Crippen molar-refractivity contribution >= 4 is 5.82 Å². The highest BCUT2D eigenvalue weighted by Crippen LogP contribution is 2.12. The van der Waals surface area contributed by atoms with Gasteiger partial charge in [0.05, 0.1) is 0 Å². The van der Waals surface area contributed by atoms with Gasteiger partial charge in [0.2, 0.25) is 0 Å². The molecule has 17 heavy (non-hydrogen) atoms. The first-order chi connectivity index (χ1) is 8.29. The van der Waals surface area contributed by atoms with Crippen molar-refractivity contribution in [2.45, 2.75) is 6.92 Å². The van der Waals surface area contributed by atoms with Crippen LogP contribution in [0, 0.1) is 5.92 Å². The maximum absolute atomic E-state index is 5.65. The highest BCUT2D eigenvalue weighted by Gasteiger charge is 2.18. The standard InChI is InChI=1S/C12H21N5/c1-11(8-13)9-16-4-6-17(7-5-16)12-2-3-14-10-15-12/h2-3,10-11H,4-9,13H2,1H3. The number of nitrogens with zero attached hydrogens (tertiary/aromatic N) is 4. The average Bonchev–Trinajstić information content (AvgIpc) is 2.40. The van der Waals surface area contributed by atoms with Gasteiger partial charge in [-0.1, -0.05) is 6.92 Å². The number of rotatable bonds is 4. The predicted octanol–water partition coefficient (Wildman–Crippen LogP) is 0.193. The Morgan fingerprint density at radius 2 is 2.12 bits per heavy atom. The molecule has 5 heteroatoms. The summed E-state index contributed by atoms with van der Waals surface area (Å²) < 4.78 is 0. The van der Waals surface area contributed by atoms with E-state index in [1.54, 1.807) is 12.5 Å². The normalized spacial score (nSPS) is 19.3. The van der Waals surface area contributed by atoms with Crippen molar-refractivity contribution in [2.24, 2.45) is 11.7 Å². The van der Waals surface area contributed by atoms with Crippen molar-refractivity contribution in [3.63, 3.8) is 0 Å². The van der Waals surface area contributed by atoms with Gasteiger partial charge in [-0.3, -0.25) is 4.90 Å². The van der Waals surface area contributed by atoms with Gasteiger partial charge >= 0.3 is 0 Å². The van der Waals surface area contributed by atoms with Crippen molar-refractivity contribution in [2.75, 3.05) is 44.2 Å². The summed E-state index contributed by atoms with van der Waals surface area (Å²) in [6.07, 6.45) is 3.41. The van der Waals surface area contributed by atoms with Crippen LogP contribution < -0.4 is 10.6 Å². The summed E-state index contributed by atoms with van der Waals surface area (Å²) in [6.45, 7) is 8.34. The second-order valence-corrected chi connectivity index (χ2v) is 4.70. The zero-order valence-electron chi connectivity index (χ0n) is 10.4. The lowest BCUT2D eigenvalue weighted by molar-refractivity contribution is 0.227. The van der Waals surface area contributed by atoms with Gasteiger partial charge < -0.3 is 10.6 Å². The Morgan fingerprint density at radius 3 is 2.71 bits per heavy atom. The van der Waals surface area contributed by atoms with E-state index in [-0.39, 0.29) is 0 Å². The van der Waals surface area contributed by atoms with Crippen LogP contribution in [0.4, 0.5) is 5.82 Å². The molecule has 0 radical (unpaired) electrons. The van der Waals surface area contributed by atoms with E-state index in [1.165, 1.54) is 0 Å². The lowest BCUT2D eigenvalue weighted by Gasteiger charge is -2.36. The molecule has 5 nitrogen and oxygen atoms in total. The van der Waals surface area contributed by atoms with Crippen LogP contribution in [0.3, 0.4) is 0 Å². The Balaban J connectivity index is 1.82. The Hall–Kier alpha value is -1.20.